The molecule has 0 aliphatic carbocycles. The Bertz CT molecular complexity index is 80.1. The third-order valence-corrected chi connectivity index (χ3v) is 0. The lowest BCUT2D eigenvalue weighted by Gasteiger charge is -1.07. The fourth-order valence-electron chi connectivity index (χ4n) is 0. The summed E-state index contributed by atoms with van der Waals surface area (Å²) in [6.07, 6.45) is 0. The molecule has 0 saturated carbocycles. The van der Waals surface area contributed by atoms with Crippen molar-refractivity contribution in [1.29, 1.82) is 0 Å². The maximum Gasteiger partial charge on any atom is 0.0228 e. The summed E-state index contributed by atoms with van der Waals surface area (Å²) < 4.78 is 62.1. The van der Waals surface area contributed by atoms with E-state index in [1.54, 1.807) is 69.2 Å². The molecule has 0 aromatic carbocycles. The zero-order valence-electron chi connectivity index (χ0n) is 55.1. The molecule has 0 heterocycles. The van der Waals surface area contributed by atoms with Crippen LogP contribution in [0.5, 0.6) is 0 Å². The molecule has 374 valence electrons. The molecule has 0 fully saturated rings. The second-order valence-corrected chi connectivity index (χ2v) is 0. The SMILES string of the molecule is C.C.C.C.CC.CC.CC.CC.CC.CC.CC.CC.CC.CC.CC.CC.CC.CC.[2HH].[2HH].[2HH].[2H]CC.[2H]CC.[2H]CC.[2H]CC.[2H]CC.[2H]CC.[3H]CC.[3H]CC.[3H]CC.[3H]CC. The van der Waals surface area contributed by atoms with Crippen LogP contribution in [0.3, 0.4) is 0 Å². The minimum Gasteiger partial charge on any atom is -0.0776 e. The fourth-order valence-corrected chi connectivity index (χ4v) is 0. The van der Waals surface area contributed by atoms with Gasteiger partial charge in [-0.1, -0.05) is 362 Å². The Morgan fingerprint density at radius 1 is 0.192 bits per heavy atom. The molecule has 0 aliphatic heterocycles. The highest BCUT2D eigenvalue weighted by Gasteiger charge is 0.978. The van der Waals surface area contributed by atoms with Crippen LogP contribution in [0.25, 0.3) is 0 Å². The van der Waals surface area contributed by atoms with Crippen molar-refractivity contribution in [1.82, 2.24) is 0 Å². The third-order valence-electron chi connectivity index (χ3n) is 0. The van der Waals surface area contributed by atoms with Crippen molar-refractivity contribution in [2.45, 2.75) is 362 Å². The van der Waals surface area contributed by atoms with Crippen LogP contribution in [0.15, 0.2) is 0 Å². The highest BCUT2D eigenvalue weighted by atomic mass is 13.1. The van der Waals surface area contributed by atoms with Gasteiger partial charge >= 0.3 is 0 Å². The molecule has 0 radical (unpaired) electrons. The topological polar surface area (TPSA) is 0 Å². The van der Waals surface area contributed by atoms with Crippen LogP contribution in [0.4, 0.5) is 0 Å². The Balaban J connectivity index is -0.00000000639. The molecule has 0 aromatic heterocycles. The van der Waals surface area contributed by atoms with E-state index in [9.17, 15) is 0 Å². The van der Waals surface area contributed by atoms with E-state index in [0.29, 0.717) is 69.0 Å². The first-order valence-electron chi connectivity index (χ1n) is 28.1. The fraction of sp³-hybridized carbons (Fsp3) is 1.00. The molecule has 0 spiro atoms. The van der Waals surface area contributed by atoms with E-state index < -0.39 is 0 Å². The van der Waals surface area contributed by atoms with Crippen molar-refractivity contribution in [2.24, 2.45) is 0 Å². The Labute approximate surface area is 379 Å². The summed E-state index contributed by atoms with van der Waals surface area (Å²) in [5, 5.41) is 0. The quantitative estimate of drug-likeness (QED) is 0.229. The summed E-state index contributed by atoms with van der Waals surface area (Å²) in [5.74, 6) is 0. The van der Waals surface area contributed by atoms with Gasteiger partial charge in [-0.2, -0.15) is 0 Å². The van der Waals surface area contributed by atoms with Gasteiger partial charge in [-0.25, -0.2) is 0 Å². The van der Waals surface area contributed by atoms with Crippen LogP contribution >= 0.6 is 0 Å². The minimum absolute atomic E-state index is 0. The van der Waals surface area contributed by atoms with Crippen molar-refractivity contribution in [3.05, 3.63) is 0 Å². The maximum absolute atomic E-state index is 6.21. The lowest BCUT2D eigenvalue weighted by Crippen LogP contribution is -0.856. The van der Waals surface area contributed by atoms with Crippen molar-refractivity contribution >= 4 is 0 Å². The molecular formula is C52H166. The predicted octanol–water partition coefficient (Wildman–Crippen LogP) is 27.9. The van der Waals surface area contributed by atoms with E-state index in [-0.39, 0.29) is 34.0 Å². The lowest BCUT2D eigenvalue weighted by molar-refractivity contribution is 1.50. The number of hydrogen-bond acceptors (Lipinski definition) is 0. The zero-order chi connectivity index (χ0) is 55.1. The van der Waals surface area contributed by atoms with Crippen molar-refractivity contribution in [2.75, 3.05) is 0 Å². The maximum atomic E-state index is 6.21. The molecule has 0 aromatic rings. The van der Waals surface area contributed by atoms with E-state index in [0.717, 1.165) is 0 Å². The second kappa shape index (κ2) is 0. The molecule has 0 aliphatic rings. The summed E-state index contributed by atoms with van der Waals surface area (Å²) in [5.41, 5.74) is 0. The van der Waals surface area contributed by atoms with Crippen LogP contribution in [-0.2, 0) is 0 Å². The highest BCUT2D eigenvalue weighted by molar-refractivity contribution is 3.55. The summed E-state index contributed by atoms with van der Waals surface area (Å²) >= 11 is 0. The van der Waals surface area contributed by atoms with Gasteiger partial charge in [0.15, 0.2) is 0 Å². The summed E-state index contributed by atoms with van der Waals surface area (Å²) in [4.78, 5) is 0. The molecule has 0 N–H and O–H groups in total. The summed E-state index contributed by atoms with van der Waals surface area (Å²) in [7, 11) is 0. The molecule has 0 saturated heterocycles. The molecule has 0 unspecified atom stereocenters. The van der Waals surface area contributed by atoms with Crippen LogP contribution in [0, 0.1) is 0 Å². The van der Waals surface area contributed by atoms with Gasteiger partial charge in [0.2, 0.25) is 0 Å². The first kappa shape index (κ1) is 117. The summed E-state index contributed by atoms with van der Waals surface area (Å²) in [6.45, 7) is 78.9. The average Bonchev–Trinajstić information content (AvgIpc) is 3.30. The van der Waals surface area contributed by atoms with Crippen LogP contribution < -0.4 is 0 Å². The monoisotopic (exact) mass is 808 g/mol. The Hall–Kier alpha value is 0. The Morgan fingerprint density at radius 3 is 0.192 bits per heavy atom. The average molecular weight is 809 g/mol. The number of rotatable bonds is 0. The highest BCUT2D eigenvalue weighted by Crippen LogP contribution is 1.19. The number of hydrogen-bond donors (Lipinski definition) is 0. The van der Waals surface area contributed by atoms with Crippen molar-refractivity contribution in [3.8, 4) is 0 Å². The summed E-state index contributed by atoms with van der Waals surface area (Å²) in [6, 6.07) is 0. The lowest BCUT2D eigenvalue weighted by atomic mass is 11.0. The molecule has 0 heteroatoms. The smallest absolute Gasteiger partial charge is 0.0228 e. The Kier molecular flexibility index (Phi) is 0. The second-order valence-electron chi connectivity index (χ2n) is 0. The van der Waals surface area contributed by atoms with Crippen LogP contribution in [-0.4, -0.2) is 0 Å². The normalized spacial score (nSPS) is 5.27. The van der Waals surface area contributed by atoms with E-state index in [1.165, 1.54) is 0 Å². The molecule has 0 nitrogen and oxygen atoms in total. The van der Waals surface area contributed by atoms with Gasteiger partial charge in [0.25, 0.3) is 0 Å². The van der Waals surface area contributed by atoms with Gasteiger partial charge in [-0.15, -0.1) is 0 Å². The van der Waals surface area contributed by atoms with Gasteiger partial charge in [0.05, 0.1) is 0 Å². The molecular weight excluding hydrogens is 625 g/mol. The standard InChI is InChI=1S/24C2H6.4CH4.3H2/c24*1-2;;;;;;;/h24*1-2H3;4*1H4;3*1H/i4*1T;6*1D;;;;;;;;;;;;;;;;;;;3*1+1. The van der Waals surface area contributed by atoms with Crippen LogP contribution in [0.1, 0.15) is 380 Å². The minimum atomic E-state index is 0. The van der Waals surface area contributed by atoms with E-state index in [4.69, 9.17) is 13.7 Å². The van der Waals surface area contributed by atoms with Crippen LogP contribution in [0.2, 0.25) is 0 Å². The van der Waals surface area contributed by atoms with Gasteiger partial charge in [0.1, 0.15) is 0 Å². The van der Waals surface area contributed by atoms with Gasteiger partial charge in [0, 0.05) is 18.0 Å². The molecule has 0 rings (SSSR count). The Morgan fingerprint density at radius 2 is 0.192 bits per heavy atom. The van der Waals surface area contributed by atoms with Gasteiger partial charge in [-0.05, 0) is 0 Å². The molecule has 0 amide bonds. The van der Waals surface area contributed by atoms with E-state index >= 15 is 0 Å². The van der Waals surface area contributed by atoms with Gasteiger partial charge in [-0.3, -0.25) is 0 Å². The van der Waals surface area contributed by atoms with Gasteiger partial charge < -0.3 is 0 Å². The molecule has 0 atom stereocenters. The predicted molar refractivity (Wildman–Crippen MR) is 306 cm³/mol. The van der Waals surface area contributed by atoms with Crippen molar-refractivity contribution in [3.63, 3.8) is 0 Å². The first-order valence-corrected chi connectivity index (χ1v) is 21.1. The largest absolute Gasteiger partial charge is 0.0776 e. The molecule has 52 heavy (non-hydrogen) atoms. The zero-order valence-corrected chi connectivity index (χ0v) is 45.1. The first-order chi connectivity index (χ1) is 28.1. The van der Waals surface area contributed by atoms with E-state index in [1.807, 2.05) is 194 Å². The van der Waals surface area contributed by atoms with Crippen molar-refractivity contribution < 1.29 is 18.0 Å². The third kappa shape index (κ3) is 0. The van der Waals surface area contributed by atoms with E-state index in [2.05, 4.69) is 0 Å². The molecule has 0 bridgehead atoms.